The first-order valence-corrected chi connectivity index (χ1v) is 11.7. The Morgan fingerprint density at radius 3 is 2.88 bits per heavy atom. The molecule has 0 bridgehead atoms. The molecule has 166 valence electrons. The van der Waals surface area contributed by atoms with Crippen LogP contribution in [0.3, 0.4) is 0 Å². The molecule has 1 fully saturated rings. The Bertz CT molecular complexity index is 1220. The highest BCUT2D eigenvalue weighted by molar-refractivity contribution is 7.17. The van der Waals surface area contributed by atoms with Crippen LogP contribution >= 0.6 is 11.3 Å². The number of hydrogen-bond acceptors (Lipinski definition) is 6. The molecule has 2 amide bonds. The molecule has 3 N–H and O–H groups in total. The van der Waals surface area contributed by atoms with Crippen LogP contribution in [0.2, 0.25) is 0 Å². The van der Waals surface area contributed by atoms with E-state index in [-0.39, 0.29) is 6.03 Å². The third-order valence-corrected chi connectivity index (χ3v) is 6.81. The minimum absolute atomic E-state index is 0.217. The maximum atomic E-state index is 11.9. The molecular weight excluding hydrogens is 426 g/mol. The van der Waals surface area contributed by atoms with Crippen molar-refractivity contribution in [1.82, 2.24) is 29.7 Å². The lowest BCUT2D eigenvalue weighted by Crippen LogP contribution is -2.29. The van der Waals surface area contributed by atoms with Crippen LogP contribution in [0.1, 0.15) is 60.9 Å². The van der Waals surface area contributed by atoms with Gasteiger partial charge in [0.2, 0.25) is 0 Å². The number of thiazole rings is 1. The van der Waals surface area contributed by atoms with E-state index in [0.29, 0.717) is 23.8 Å². The van der Waals surface area contributed by atoms with Gasteiger partial charge >= 0.3 is 6.03 Å². The molecule has 1 saturated carbocycles. The molecule has 32 heavy (non-hydrogen) atoms. The zero-order valence-corrected chi connectivity index (χ0v) is 18.5. The van der Waals surface area contributed by atoms with Gasteiger partial charge in [-0.2, -0.15) is 0 Å². The number of fused-ring (bicyclic) bond motifs is 1. The molecule has 1 aliphatic rings. The predicted molar refractivity (Wildman–Crippen MR) is 122 cm³/mol. The minimum atomic E-state index is -0.880. The first kappa shape index (κ1) is 20.7. The van der Waals surface area contributed by atoms with Crippen LogP contribution in [-0.2, 0) is 0 Å². The van der Waals surface area contributed by atoms with E-state index in [0.717, 1.165) is 41.9 Å². The van der Waals surface area contributed by atoms with E-state index in [4.69, 9.17) is 0 Å². The van der Waals surface area contributed by atoms with Crippen molar-refractivity contribution in [2.24, 2.45) is 0 Å². The second-order valence-corrected chi connectivity index (χ2v) is 9.06. The molecule has 1 atom stereocenters. The highest BCUT2D eigenvalue weighted by Crippen LogP contribution is 2.47. The summed E-state index contributed by atoms with van der Waals surface area (Å²) in [7, 11) is 0. The van der Waals surface area contributed by atoms with Gasteiger partial charge in [-0.3, -0.25) is 4.40 Å². The van der Waals surface area contributed by atoms with Gasteiger partial charge in [-0.05, 0) is 49.4 Å². The number of imidazole rings is 1. The van der Waals surface area contributed by atoms with Gasteiger partial charge in [0.1, 0.15) is 23.0 Å². The van der Waals surface area contributed by atoms with Crippen LogP contribution in [0.15, 0.2) is 43.0 Å². The number of carbonyl (C=O) groups is 1. The van der Waals surface area contributed by atoms with E-state index in [1.54, 1.807) is 28.5 Å². The number of hydrogen-bond donors (Lipinski definition) is 3. The number of nitrogens with one attached hydrogen (secondary N) is 2. The summed E-state index contributed by atoms with van der Waals surface area (Å²) in [6.07, 6.45) is 8.71. The fraction of sp³-hybridized carbons (Fsp3) is 0.364. The number of nitrogens with zero attached hydrogens (tertiary/aromatic N) is 5. The normalized spacial score (nSPS) is 14.6. The average molecular weight is 452 g/mol. The third-order valence-electron chi connectivity index (χ3n) is 5.54. The first-order valence-electron chi connectivity index (χ1n) is 10.8. The number of aromatic nitrogens is 5. The molecule has 3 aromatic heterocycles. The molecule has 0 radical (unpaired) electrons. The molecule has 0 spiro atoms. The molecule has 9 nitrogen and oxygen atoms in total. The summed E-state index contributed by atoms with van der Waals surface area (Å²) in [6.45, 7) is 2.74. The van der Waals surface area contributed by atoms with Crippen molar-refractivity contribution in [2.75, 3.05) is 11.9 Å². The molecule has 1 aromatic carbocycles. The lowest BCUT2D eigenvalue weighted by molar-refractivity contribution is 0.208. The molecule has 3 heterocycles. The van der Waals surface area contributed by atoms with Crippen molar-refractivity contribution in [3.8, 4) is 5.69 Å². The Kier molecular flexibility index (Phi) is 5.62. The van der Waals surface area contributed by atoms with Crippen molar-refractivity contribution in [3.05, 3.63) is 59.3 Å². The van der Waals surface area contributed by atoms with Gasteiger partial charge in [-0.1, -0.05) is 18.6 Å². The van der Waals surface area contributed by atoms with Crippen LogP contribution in [0.5, 0.6) is 0 Å². The maximum Gasteiger partial charge on any atom is 0.319 e. The lowest BCUT2D eigenvalue weighted by Gasteiger charge is -2.09. The van der Waals surface area contributed by atoms with Crippen LogP contribution in [0.25, 0.3) is 10.5 Å². The molecule has 10 heteroatoms. The summed E-state index contributed by atoms with van der Waals surface area (Å²) in [6, 6.07) is 7.10. The van der Waals surface area contributed by atoms with E-state index < -0.39 is 6.10 Å². The first-order chi connectivity index (χ1) is 15.6. The standard InChI is InChI=1S/C22H25N7O2S/c1-2-3-10-24-22(31)25-15-6-8-16(9-7-15)29-12-17(26-27-29)20(30)19-21(14-4-5-14)32-18-11-23-13-28(18)19/h6-9,11-14,20,30H,2-5,10H2,1H3,(H2,24,25,31). The number of benzene rings is 1. The Morgan fingerprint density at radius 1 is 1.31 bits per heavy atom. The predicted octanol–water partition coefficient (Wildman–Crippen LogP) is 3.86. The quantitative estimate of drug-likeness (QED) is 0.353. The Labute approximate surface area is 189 Å². The number of aliphatic hydroxyl groups excluding tert-OH is 1. The Morgan fingerprint density at radius 2 is 2.12 bits per heavy atom. The highest BCUT2D eigenvalue weighted by Gasteiger charge is 2.33. The number of rotatable bonds is 8. The molecule has 1 unspecified atom stereocenters. The van der Waals surface area contributed by atoms with E-state index in [9.17, 15) is 9.90 Å². The molecule has 5 rings (SSSR count). The van der Waals surface area contributed by atoms with Gasteiger partial charge in [0, 0.05) is 17.1 Å². The largest absolute Gasteiger partial charge is 0.380 e. The van der Waals surface area contributed by atoms with Crippen LogP contribution in [0, 0.1) is 0 Å². The van der Waals surface area contributed by atoms with E-state index in [1.807, 2.05) is 34.9 Å². The second-order valence-electron chi connectivity index (χ2n) is 8.00. The summed E-state index contributed by atoms with van der Waals surface area (Å²) in [5.41, 5.74) is 2.80. The summed E-state index contributed by atoms with van der Waals surface area (Å²) >= 11 is 1.69. The van der Waals surface area contributed by atoms with Crippen LogP contribution in [-0.4, -0.2) is 42.1 Å². The fourth-order valence-electron chi connectivity index (χ4n) is 3.65. The number of anilines is 1. The molecule has 0 aliphatic heterocycles. The van der Waals surface area contributed by atoms with Gasteiger partial charge in [-0.15, -0.1) is 16.4 Å². The van der Waals surface area contributed by atoms with Crippen molar-refractivity contribution in [2.45, 2.75) is 44.6 Å². The van der Waals surface area contributed by atoms with Gasteiger partial charge in [0.25, 0.3) is 0 Å². The summed E-state index contributed by atoms with van der Waals surface area (Å²) in [5.74, 6) is 0.513. The van der Waals surface area contributed by atoms with Gasteiger partial charge in [0.05, 0.1) is 23.8 Å². The topological polar surface area (TPSA) is 109 Å². The van der Waals surface area contributed by atoms with Crippen LogP contribution < -0.4 is 10.6 Å². The Balaban J connectivity index is 1.31. The molecule has 1 aliphatic carbocycles. The SMILES string of the molecule is CCCCNC(=O)Nc1ccc(-n2cc(C(O)c3c(C4CC4)sc4cncn34)nn2)cc1. The van der Waals surface area contributed by atoms with Crippen molar-refractivity contribution < 1.29 is 9.90 Å². The number of unbranched alkanes of at least 4 members (excludes halogenated alkanes) is 1. The second kappa shape index (κ2) is 8.71. The van der Waals surface area contributed by atoms with Crippen molar-refractivity contribution in [1.29, 1.82) is 0 Å². The number of aliphatic hydroxyl groups is 1. The average Bonchev–Trinajstić information content (AvgIpc) is 3.20. The molecular formula is C22H25N7O2S. The molecule has 0 saturated heterocycles. The number of carbonyl (C=O) groups excluding carboxylic acids is 1. The smallest absolute Gasteiger partial charge is 0.319 e. The summed E-state index contributed by atoms with van der Waals surface area (Å²) < 4.78 is 3.58. The number of amides is 2. The monoisotopic (exact) mass is 451 g/mol. The summed E-state index contributed by atoms with van der Waals surface area (Å²) in [4.78, 5) is 18.3. The summed E-state index contributed by atoms with van der Waals surface area (Å²) in [5, 5.41) is 25.2. The molecule has 4 aromatic rings. The third kappa shape index (κ3) is 4.11. The van der Waals surface area contributed by atoms with Gasteiger partial charge in [-0.25, -0.2) is 14.5 Å². The van der Waals surface area contributed by atoms with Crippen LogP contribution in [0.4, 0.5) is 10.5 Å². The maximum absolute atomic E-state index is 11.9. The fourth-order valence-corrected chi connectivity index (χ4v) is 4.95. The van der Waals surface area contributed by atoms with E-state index in [2.05, 4.69) is 32.9 Å². The van der Waals surface area contributed by atoms with Gasteiger partial charge in [0.15, 0.2) is 0 Å². The van der Waals surface area contributed by atoms with E-state index in [1.165, 1.54) is 4.88 Å². The minimum Gasteiger partial charge on any atom is -0.380 e. The zero-order valence-electron chi connectivity index (χ0n) is 17.7. The van der Waals surface area contributed by atoms with Gasteiger partial charge < -0.3 is 15.7 Å². The number of urea groups is 1. The Hall–Kier alpha value is -3.24. The van der Waals surface area contributed by atoms with Crippen molar-refractivity contribution >= 4 is 27.9 Å². The highest BCUT2D eigenvalue weighted by atomic mass is 32.1. The zero-order chi connectivity index (χ0) is 22.1. The lowest BCUT2D eigenvalue weighted by atomic mass is 10.1. The van der Waals surface area contributed by atoms with E-state index >= 15 is 0 Å². The van der Waals surface area contributed by atoms with Crippen molar-refractivity contribution in [3.63, 3.8) is 0 Å².